The Morgan fingerprint density at radius 3 is 2.43 bits per heavy atom. The van der Waals surface area contributed by atoms with Crippen molar-refractivity contribution in [2.24, 2.45) is 0 Å². The molecule has 0 aliphatic carbocycles. The first-order valence-corrected chi connectivity index (χ1v) is 7.32. The Bertz CT molecular complexity index is 111. The Hall–Kier alpha value is 0.600. The maximum Gasteiger partial charge on any atom is 0.0765 e. The molecule has 0 unspecified atom stereocenters. The number of rotatable bonds is 10. The minimum atomic E-state index is -0.318. The van der Waals surface area contributed by atoms with Gasteiger partial charge in [0.05, 0.1) is 6.10 Å². The van der Waals surface area contributed by atoms with Gasteiger partial charge in [0.2, 0.25) is 0 Å². The van der Waals surface area contributed by atoms with Gasteiger partial charge in [-0.05, 0) is 12.2 Å². The molecule has 0 radical (unpaired) electrons. The van der Waals surface area contributed by atoms with E-state index in [1.54, 1.807) is 0 Å². The second kappa shape index (κ2) is 11.7. The third-order valence-corrected chi connectivity index (χ3v) is 3.68. The monoisotopic (exact) mass is 238 g/mol. The molecule has 3 heteroatoms. The molecule has 0 fully saturated rings. The van der Waals surface area contributed by atoms with Gasteiger partial charge in [-0.25, -0.2) is 0 Å². The zero-order valence-corrected chi connectivity index (χ0v) is 10.7. The molecule has 0 saturated carbocycles. The van der Waals surface area contributed by atoms with E-state index in [0.717, 1.165) is 5.75 Å². The fraction of sp³-hybridized carbons (Fsp3) is 1.00. The smallest absolute Gasteiger partial charge is 0.0765 e. The first-order chi connectivity index (χ1) is 6.81. The molecule has 0 aromatic rings. The van der Waals surface area contributed by atoms with Crippen molar-refractivity contribution in [3.8, 4) is 0 Å². The predicted molar refractivity (Wildman–Crippen MR) is 67.4 cm³/mol. The normalized spacial score (nSPS) is 13.1. The molecular weight excluding hydrogens is 216 g/mol. The molecule has 0 aliphatic rings. The highest BCUT2D eigenvalue weighted by Gasteiger charge is 2.00. The molecule has 0 aromatic carbocycles. The second-order valence-electron chi connectivity index (χ2n) is 3.65. The maximum absolute atomic E-state index is 9.18. The number of unbranched alkanes of at least 4 members (excludes halogenated alkanes) is 5. The minimum Gasteiger partial charge on any atom is -0.391 e. The van der Waals surface area contributed by atoms with E-state index in [-0.39, 0.29) is 6.10 Å². The van der Waals surface area contributed by atoms with Crippen molar-refractivity contribution in [1.82, 2.24) is 0 Å². The molecule has 86 valence electrons. The van der Waals surface area contributed by atoms with Crippen molar-refractivity contribution in [3.63, 3.8) is 0 Å². The molecule has 0 saturated heterocycles. The zero-order valence-electron chi connectivity index (χ0n) is 9.17. The maximum atomic E-state index is 9.18. The van der Waals surface area contributed by atoms with Gasteiger partial charge in [-0.15, -0.1) is 11.6 Å². The topological polar surface area (TPSA) is 20.2 Å². The third kappa shape index (κ3) is 10.7. The van der Waals surface area contributed by atoms with Gasteiger partial charge >= 0.3 is 0 Å². The predicted octanol–water partition coefficient (Wildman–Crippen LogP) is 3.68. The van der Waals surface area contributed by atoms with Crippen molar-refractivity contribution < 1.29 is 5.11 Å². The zero-order chi connectivity index (χ0) is 10.6. The van der Waals surface area contributed by atoms with E-state index in [1.807, 2.05) is 11.8 Å². The largest absolute Gasteiger partial charge is 0.391 e. The summed E-state index contributed by atoms with van der Waals surface area (Å²) in [6.45, 7) is 2.24. The summed E-state index contributed by atoms with van der Waals surface area (Å²) in [6.07, 6.45) is 7.74. The van der Waals surface area contributed by atoms with Crippen molar-refractivity contribution in [3.05, 3.63) is 0 Å². The molecule has 0 bridgehead atoms. The minimum absolute atomic E-state index is 0.318. The van der Waals surface area contributed by atoms with Gasteiger partial charge in [-0.2, -0.15) is 11.8 Å². The van der Waals surface area contributed by atoms with E-state index in [1.165, 1.54) is 44.3 Å². The van der Waals surface area contributed by atoms with Gasteiger partial charge in [0, 0.05) is 11.6 Å². The van der Waals surface area contributed by atoms with Crippen molar-refractivity contribution in [2.45, 2.75) is 51.6 Å². The summed E-state index contributed by atoms with van der Waals surface area (Å²) in [6, 6.07) is 0. The van der Waals surface area contributed by atoms with Gasteiger partial charge in [-0.1, -0.05) is 39.0 Å². The summed E-state index contributed by atoms with van der Waals surface area (Å²) in [5.74, 6) is 2.32. The quantitative estimate of drug-likeness (QED) is 0.463. The Balaban J connectivity index is 2.92. The van der Waals surface area contributed by atoms with Gasteiger partial charge in [0.15, 0.2) is 0 Å². The second-order valence-corrected chi connectivity index (χ2v) is 5.11. The molecular formula is C11H23ClOS. The van der Waals surface area contributed by atoms with Gasteiger partial charge in [-0.3, -0.25) is 0 Å². The van der Waals surface area contributed by atoms with Crippen LogP contribution in [-0.4, -0.2) is 28.6 Å². The van der Waals surface area contributed by atoms with Gasteiger partial charge in [0.25, 0.3) is 0 Å². The van der Waals surface area contributed by atoms with E-state index in [0.29, 0.717) is 5.88 Å². The Morgan fingerprint density at radius 1 is 1.14 bits per heavy atom. The van der Waals surface area contributed by atoms with Crippen LogP contribution in [0.4, 0.5) is 0 Å². The van der Waals surface area contributed by atoms with Crippen LogP contribution in [-0.2, 0) is 0 Å². The lowest BCUT2D eigenvalue weighted by Crippen LogP contribution is -2.11. The molecule has 0 aliphatic heterocycles. The molecule has 0 spiro atoms. The first kappa shape index (κ1) is 14.6. The van der Waals surface area contributed by atoms with E-state index < -0.39 is 0 Å². The molecule has 0 rings (SSSR count). The summed E-state index contributed by atoms with van der Waals surface area (Å²) in [5.41, 5.74) is 0. The van der Waals surface area contributed by atoms with E-state index in [2.05, 4.69) is 6.92 Å². The lowest BCUT2D eigenvalue weighted by atomic mass is 10.1. The molecule has 1 atom stereocenters. The molecule has 1 nitrogen and oxygen atoms in total. The standard InChI is InChI=1S/C11H23ClOS/c1-2-3-4-5-6-7-8-14-10-11(13)9-12/h11,13H,2-10H2,1H3/t11-/m0/s1. The number of alkyl halides is 1. The lowest BCUT2D eigenvalue weighted by molar-refractivity contribution is 0.223. The highest BCUT2D eigenvalue weighted by atomic mass is 35.5. The average Bonchev–Trinajstić information content (AvgIpc) is 2.21. The van der Waals surface area contributed by atoms with E-state index in [4.69, 9.17) is 11.6 Å². The van der Waals surface area contributed by atoms with Crippen LogP contribution in [0.15, 0.2) is 0 Å². The lowest BCUT2D eigenvalue weighted by Gasteiger charge is -2.05. The van der Waals surface area contributed by atoms with Crippen LogP contribution in [0.2, 0.25) is 0 Å². The van der Waals surface area contributed by atoms with Crippen molar-refractivity contribution in [1.29, 1.82) is 0 Å². The van der Waals surface area contributed by atoms with Gasteiger partial charge in [0.1, 0.15) is 0 Å². The summed E-state index contributed by atoms with van der Waals surface area (Å²) in [7, 11) is 0. The summed E-state index contributed by atoms with van der Waals surface area (Å²) in [5, 5.41) is 9.18. The number of aliphatic hydroxyl groups excluding tert-OH is 1. The number of aliphatic hydroxyl groups is 1. The summed E-state index contributed by atoms with van der Waals surface area (Å²) >= 11 is 7.30. The van der Waals surface area contributed by atoms with Crippen LogP contribution in [0, 0.1) is 0 Å². The third-order valence-electron chi connectivity index (χ3n) is 2.13. The average molecular weight is 239 g/mol. The number of halogens is 1. The highest BCUT2D eigenvalue weighted by molar-refractivity contribution is 7.99. The van der Waals surface area contributed by atoms with Crippen molar-refractivity contribution >= 4 is 23.4 Å². The Labute approximate surface area is 97.6 Å². The fourth-order valence-electron chi connectivity index (χ4n) is 1.25. The Morgan fingerprint density at radius 2 is 1.79 bits per heavy atom. The van der Waals surface area contributed by atoms with E-state index in [9.17, 15) is 5.11 Å². The molecule has 0 amide bonds. The number of hydrogen-bond donors (Lipinski definition) is 1. The summed E-state index contributed by atoms with van der Waals surface area (Å²) in [4.78, 5) is 0. The van der Waals surface area contributed by atoms with Crippen LogP contribution in [0.25, 0.3) is 0 Å². The number of hydrogen-bond acceptors (Lipinski definition) is 2. The highest BCUT2D eigenvalue weighted by Crippen LogP contribution is 2.10. The summed E-state index contributed by atoms with van der Waals surface area (Å²) < 4.78 is 0. The van der Waals surface area contributed by atoms with Crippen LogP contribution in [0.1, 0.15) is 45.4 Å². The van der Waals surface area contributed by atoms with Gasteiger partial charge < -0.3 is 5.11 Å². The first-order valence-electron chi connectivity index (χ1n) is 5.63. The molecule has 14 heavy (non-hydrogen) atoms. The van der Waals surface area contributed by atoms with Crippen LogP contribution >= 0.6 is 23.4 Å². The molecule has 0 aromatic heterocycles. The van der Waals surface area contributed by atoms with Crippen LogP contribution < -0.4 is 0 Å². The van der Waals surface area contributed by atoms with E-state index >= 15 is 0 Å². The number of thioether (sulfide) groups is 1. The van der Waals surface area contributed by atoms with Crippen LogP contribution in [0.5, 0.6) is 0 Å². The fourth-order valence-corrected chi connectivity index (χ4v) is 2.45. The SMILES string of the molecule is CCCCCCCCSC[C@@H](O)CCl. The molecule has 0 heterocycles. The Kier molecular flexibility index (Phi) is 12.2. The molecule has 1 N–H and O–H groups in total. The van der Waals surface area contributed by atoms with Crippen molar-refractivity contribution in [2.75, 3.05) is 17.4 Å². The van der Waals surface area contributed by atoms with Crippen LogP contribution in [0.3, 0.4) is 0 Å².